The number of hydrogen-bond acceptors (Lipinski definition) is 7. The van der Waals surface area contributed by atoms with Gasteiger partial charge >= 0.3 is 11.9 Å². The van der Waals surface area contributed by atoms with Crippen LogP contribution in [0.5, 0.6) is 17.2 Å². The fourth-order valence-corrected chi connectivity index (χ4v) is 1.92. The molecule has 1 rings (SSSR count). The topological polar surface area (TPSA) is 80.3 Å². The van der Waals surface area contributed by atoms with Gasteiger partial charge in [0.1, 0.15) is 11.3 Å². The van der Waals surface area contributed by atoms with Crippen LogP contribution in [0.25, 0.3) is 0 Å². The van der Waals surface area contributed by atoms with Gasteiger partial charge in [-0.3, -0.25) is 4.79 Å². The second kappa shape index (κ2) is 7.37. The maximum absolute atomic E-state index is 12.0. The normalized spacial score (nSPS) is 9.76. The van der Waals surface area contributed by atoms with Crippen molar-refractivity contribution in [3.8, 4) is 17.2 Å². The number of hydrogen-bond donors (Lipinski definition) is 0. The maximum atomic E-state index is 12.0. The van der Waals surface area contributed by atoms with Crippen molar-refractivity contribution in [2.75, 3.05) is 35.5 Å². The Morgan fingerprint density at radius 2 is 1.52 bits per heavy atom. The van der Waals surface area contributed by atoms with Crippen LogP contribution in [0.3, 0.4) is 0 Å². The lowest BCUT2D eigenvalue weighted by atomic mass is 10.0. The standard InChI is InChI=1S/C14H18O7/c1-17-9-7-10(18-2)13(20-4)8(6-11(15)19-3)12(9)14(16)21-5/h7H,6H2,1-5H3. The van der Waals surface area contributed by atoms with Crippen LogP contribution in [0.15, 0.2) is 6.07 Å². The monoisotopic (exact) mass is 298 g/mol. The minimum Gasteiger partial charge on any atom is -0.496 e. The van der Waals surface area contributed by atoms with Gasteiger partial charge in [-0.25, -0.2) is 4.79 Å². The SMILES string of the molecule is COC(=O)Cc1c(OC)c(OC)cc(OC)c1C(=O)OC. The Balaban J connectivity index is 3.63. The molecule has 0 fully saturated rings. The van der Waals surface area contributed by atoms with Gasteiger partial charge in [0, 0.05) is 11.6 Å². The van der Waals surface area contributed by atoms with Crippen LogP contribution in [0, 0.1) is 0 Å². The highest BCUT2D eigenvalue weighted by atomic mass is 16.5. The summed E-state index contributed by atoms with van der Waals surface area (Å²) in [5.41, 5.74) is 0.385. The fraction of sp³-hybridized carbons (Fsp3) is 0.429. The molecular formula is C14H18O7. The summed E-state index contributed by atoms with van der Waals surface area (Å²) in [5, 5.41) is 0. The van der Waals surface area contributed by atoms with Gasteiger partial charge < -0.3 is 23.7 Å². The highest BCUT2D eigenvalue weighted by Gasteiger charge is 2.27. The second-order valence-electron chi connectivity index (χ2n) is 3.91. The van der Waals surface area contributed by atoms with Crippen LogP contribution in [0.1, 0.15) is 15.9 Å². The zero-order valence-corrected chi connectivity index (χ0v) is 12.6. The largest absolute Gasteiger partial charge is 0.496 e. The summed E-state index contributed by atoms with van der Waals surface area (Å²) in [5.74, 6) is -0.371. The van der Waals surface area contributed by atoms with Crippen molar-refractivity contribution in [2.45, 2.75) is 6.42 Å². The van der Waals surface area contributed by atoms with E-state index in [1.165, 1.54) is 41.6 Å². The smallest absolute Gasteiger partial charge is 0.342 e. The Kier molecular flexibility index (Phi) is 5.83. The van der Waals surface area contributed by atoms with Gasteiger partial charge in [-0.2, -0.15) is 0 Å². The number of ether oxygens (including phenoxy) is 5. The van der Waals surface area contributed by atoms with Gasteiger partial charge in [0.05, 0.1) is 42.0 Å². The molecule has 0 saturated carbocycles. The van der Waals surface area contributed by atoms with Gasteiger partial charge in [-0.05, 0) is 0 Å². The summed E-state index contributed by atoms with van der Waals surface area (Å²) < 4.78 is 25.0. The summed E-state index contributed by atoms with van der Waals surface area (Å²) in [7, 11) is 6.74. The van der Waals surface area contributed by atoms with Gasteiger partial charge in [0.25, 0.3) is 0 Å². The lowest BCUT2D eigenvalue weighted by Gasteiger charge is -2.18. The molecule has 0 N–H and O–H groups in total. The number of carbonyl (C=O) groups excluding carboxylic acids is 2. The van der Waals surface area contributed by atoms with Gasteiger partial charge in [-0.1, -0.05) is 0 Å². The van der Waals surface area contributed by atoms with Crippen molar-refractivity contribution in [1.82, 2.24) is 0 Å². The molecule has 0 aliphatic heterocycles. The van der Waals surface area contributed by atoms with Crippen LogP contribution in [0.4, 0.5) is 0 Å². The molecule has 1 aromatic carbocycles. The first-order valence-corrected chi connectivity index (χ1v) is 6.00. The van der Waals surface area contributed by atoms with E-state index in [1.54, 1.807) is 0 Å². The first kappa shape index (κ1) is 16.6. The Morgan fingerprint density at radius 1 is 0.905 bits per heavy atom. The zero-order valence-electron chi connectivity index (χ0n) is 12.6. The molecule has 0 aliphatic carbocycles. The number of methoxy groups -OCH3 is 5. The average Bonchev–Trinajstić information content (AvgIpc) is 2.52. The molecule has 0 unspecified atom stereocenters. The fourth-order valence-electron chi connectivity index (χ4n) is 1.92. The maximum Gasteiger partial charge on any atom is 0.342 e. The van der Waals surface area contributed by atoms with Crippen LogP contribution < -0.4 is 14.2 Å². The van der Waals surface area contributed by atoms with E-state index in [2.05, 4.69) is 4.74 Å². The number of benzene rings is 1. The molecule has 0 spiro atoms. The zero-order chi connectivity index (χ0) is 16.0. The third-order valence-electron chi connectivity index (χ3n) is 2.89. The highest BCUT2D eigenvalue weighted by molar-refractivity contribution is 5.97. The highest BCUT2D eigenvalue weighted by Crippen LogP contribution is 2.40. The van der Waals surface area contributed by atoms with Crippen molar-refractivity contribution in [3.63, 3.8) is 0 Å². The Morgan fingerprint density at radius 3 is 1.95 bits per heavy atom. The molecular weight excluding hydrogens is 280 g/mol. The molecule has 0 aromatic heterocycles. The first-order valence-electron chi connectivity index (χ1n) is 6.00. The molecule has 0 bridgehead atoms. The summed E-state index contributed by atoms with van der Waals surface area (Å²) in [6, 6.07) is 1.49. The average molecular weight is 298 g/mol. The molecule has 7 heteroatoms. The van der Waals surface area contributed by atoms with Crippen molar-refractivity contribution >= 4 is 11.9 Å². The summed E-state index contributed by atoms with van der Waals surface area (Å²) in [6.07, 6.45) is -0.183. The molecule has 0 heterocycles. The minimum atomic E-state index is -0.647. The molecule has 21 heavy (non-hydrogen) atoms. The van der Waals surface area contributed by atoms with E-state index >= 15 is 0 Å². The summed E-state index contributed by atoms with van der Waals surface area (Å²) in [4.78, 5) is 23.6. The van der Waals surface area contributed by atoms with Crippen LogP contribution >= 0.6 is 0 Å². The molecule has 0 amide bonds. The minimum absolute atomic E-state index is 0.100. The first-order chi connectivity index (χ1) is 10.0. The van der Waals surface area contributed by atoms with E-state index in [0.717, 1.165) is 0 Å². The van der Waals surface area contributed by atoms with E-state index in [1.807, 2.05) is 0 Å². The van der Waals surface area contributed by atoms with E-state index in [-0.39, 0.29) is 29.0 Å². The van der Waals surface area contributed by atoms with Crippen LogP contribution in [-0.2, 0) is 20.7 Å². The van der Waals surface area contributed by atoms with Crippen LogP contribution in [0.2, 0.25) is 0 Å². The van der Waals surface area contributed by atoms with Gasteiger partial charge in [-0.15, -0.1) is 0 Å². The lowest BCUT2D eigenvalue weighted by molar-refractivity contribution is -0.139. The molecule has 7 nitrogen and oxygen atoms in total. The van der Waals surface area contributed by atoms with E-state index < -0.39 is 11.9 Å². The number of esters is 2. The molecule has 1 aromatic rings. The molecule has 0 atom stereocenters. The molecule has 0 aliphatic rings. The van der Waals surface area contributed by atoms with Crippen molar-refractivity contribution in [3.05, 3.63) is 17.2 Å². The predicted molar refractivity (Wildman–Crippen MR) is 73.2 cm³/mol. The number of rotatable bonds is 6. The predicted octanol–water partition coefficient (Wildman–Crippen LogP) is 1.21. The Hall–Kier alpha value is -2.44. The molecule has 0 radical (unpaired) electrons. The Labute approximate surface area is 122 Å². The van der Waals surface area contributed by atoms with Gasteiger partial charge in [0.15, 0.2) is 11.5 Å². The van der Waals surface area contributed by atoms with Crippen LogP contribution in [-0.4, -0.2) is 47.5 Å². The Bertz CT molecular complexity index is 537. The van der Waals surface area contributed by atoms with Crippen molar-refractivity contribution in [2.24, 2.45) is 0 Å². The van der Waals surface area contributed by atoms with Crippen molar-refractivity contribution in [1.29, 1.82) is 0 Å². The molecule has 116 valence electrons. The third kappa shape index (κ3) is 3.36. The van der Waals surface area contributed by atoms with E-state index in [0.29, 0.717) is 5.75 Å². The lowest BCUT2D eigenvalue weighted by Crippen LogP contribution is -2.14. The van der Waals surface area contributed by atoms with E-state index in [9.17, 15) is 9.59 Å². The quantitative estimate of drug-likeness (QED) is 0.730. The third-order valence-corrected chi connectivity index (χ3v) is 2.89. The number of carbonyl (C=O) groups is 2. The van der Waals surface area contributed by atoms with E-state index in [4.69, 9.17) is 18.9 Å². The summed E-state index contributed by atoms with van der Waals surface area (Å²) >= 11 is 0. The summed E-state index contributed by atoms with van der Waals surface area (Å²) in [6.45, 7) is 0. The molecule has 0 saturated heterocycles. The second-order valence-corrected chi connectivity index (χ2v) is 3.91. The van der Waals surface area contributed by atoms with Crippen molar-refractivity contribution < 1.29 is 33.3 Å². The van der Waals surface area contributed by atoms with Gasteiger partial charge in [0.2, 0.25) is 0 Å².